The van der Waals surface area contributed by atoms with Gasteiger partial charge in [-0.2, -0.15) is 20.1 Å². The van der Waals surface area contributed by atoms with Crippen LogP contribution in [0.3, 0.4) is 0 Å². The molecule has 3 heterocycles. The van der Waals surface area contributed by atoms with Crippen LogP contribution in [-0.2, 0) is 7.05 Å². The number of ether oxygens (including phenoxy) is 1. The molecule has 7 nitrogen and oxygen atoms in total. The largest absolute Gasteiger partial charge is 0.422 e. The van der Waals surface area contributed by atoms with E-state index in [2.05, 4.69) is 11.2 Å². The van der Waals surface area contributed by atoms with E-state index in [1.165, 1.54) is 0 Å². The third-order valence-corrected chi connectivity index (χ3v) is 5.15. The predicted molar refractivity (Wildman–Crippen MR) is 112 cm³/mol. The number of hydrogen-bond donors (Lipinski definition) is 1. The summed E-state index contributed by atoms with van der Waals surface area (Å²) in [7, 11) is 1.84. The van der Waals surface area contributed by atoms with Crippen LogP contribution in [0.25, 0.3) is 16.9 Å². The number of aryl methyl sites for hydroxylation is 1. The minimum atomic E-state index is -0.430. The smallest absolute Gasteiger partial charge is 0.229 e. The molecule has 0 spiro atoms. The van der Waals surface area contributed by atoms with Crippen LogP contribution in [-0.4, -0.2) is 19.6 Å². The lowest BCUT2D eigenvalue weighted by molar-refractivity contribution is 0.367. The maximum absolute atomic E-state index is 9.89. The molecule has 5 rings (SSSR count). The Kier molecular flexibility index (Phi) is 4.11. The van der Waals surface area contributed by atoms with Crippen LogP contribution >= 0.6 is 0 Å². The van der Waals surface area contributed by atoms with Crippen LogP contribution in [0.4, 0.5) is 0 Å². The molecule has 0 unspecified atom stereocenters. The molecule has 1 aliphatic rings. The highest BCUT2D eigenvalue weighted by atomic mass is 16.5. The van der Waals surface area contributed by atoms with Crippen molar-refractivity contribution >= 4 is 0 Å². The second kappa shape index (κ2) is 6.94. The maximum atomic E-state index is 9.89. The average Bonchev–Trinajstić information content (AvgIpc) is 3.37. The van der Waals surface area contributed by atoms with Gasteiger partial charge in [0.2, 0.25) is 11.8 Å². The normalized spacial score (nSPS) is 15.4. The van der Waals surface area contributed by atoms with Gasteiger partial charge in [-0.25, -0.2) is 0 Å². The van der Waals surface area contributed by atoms with Crippen molar-refractivity contribution in [2.45, 2.75) is 5.92 Å². The number of fused-ring (bicyclic) bond motifs is 1. The summed E-state index contributed by atoms with van der Waals surface area (Å²) in [6, 6.07) is 21.8. The summed E-state index contributed by atoms with van der Waals surface area (Å²) < 4.78 is 9.44. The zero-order chi connectivity index (χ0) is 20.7. The first-order chi connectivity index (χ1) is 14.7. The Morgan fingerprint density at radius 2 is 1.77 bits per heavy atom. The van der Waals surface area contributed by atoms with Crippen molar-refractivity contribution < 1.29 is 4.74 Å². The summed E-state index contributed by atoms with van der Waals surface area (Å²) in [6.45, 7) is 0. The van der Waals surface area contributed by atoms with Gasteiger partial charge in [0.05, 0.1) is 23.4 Å². The van der Waals surface area contributed by atoms with E-state index in [9.17, 15) is 5.26 Å². The molecule has 0 saturated heterocycles. The fourth-order valence-corrected chi connectivity index (χ4v) is 3.81. The molecule has 30 heavy (non-hydrogen) atoms. The lowest BCUT2D eigenvalue weighted by Crippen LogP contribution is -2.21. The third-order valence-electron chi connectivity index (χ3n) is 5.15. The molecule has 2 aromatic carbocycles. The molecule has 7 heteroatoms. The van der Waals surface area contributed by atoms with E-state index in [0.717, 1.165) is 28.1 Å². The summed E-state index contributed by atoms with van der Waals surface area (Å²) >= 11 is 0. The quantitative estimate of drug-likeness (QED) is 0.574. The fraction of sp³-hybridized carbons (Fsp3) is 0.0870. The van der Waals surface area contributed by atoms with Gasteiger partial charge in [0.1, 0.15) is 17.3 Å². The highest BCUT2D eigenvalue weighted by Crippen LogP contribution is 2.47. The van der Waals surface area contributed by atoms with Crippen molar-refractivity contribution in [1.82, 2.24) is 19.6 Å². The molecule has 1 aliphatic heterocycles. The zero-order valence-electron chi connectivity index (χ0n) is 16.2. The molecule has 0 aliphatic carbocycles. The molecular weight excluding hydrogens is 376 g/mol. The molecule has 2 aromatic heterocycles. The first-order valence-electron chi connectivity index (χ1n) is 9.47. The predicted octanol–water partition coefficient (Wildman–Crippen LogP) is 3.49. The molecule has 146 valence electrons. The van der Waals surface area contributed by atoms with Gasteiger partial charge < -0.3 is 10.5 Å². The van der Waals surface area contributed by atoms with Crippen LogP contribution in [0.5, 0.6) is 5.88 Å². The second-order valence-electron chi connectivity index (χ2n) is 7.05. The van der Waals surface area contributed by atoms with Gasteiger partial charge >= 0.3 is 0 Å². The Labute approximate surface area is 173 Å². The van der Waals surface area contributed by atoms with Gasteiger partial charge in [0.25, 0.3) is 0 Å². The van der Waals surface area contributed by atoms with Crippen LogP contribution in [0, 0.1) is 11.3 Å². The fourth-order valence-electron chi connectivity index (χ4n) is 3.81. The van der Waals surface area contributed by atoms with Crippen LogP contribution in [0.15, 0.2) is 84.5 Å². The molecule has 0 bridgehead atoms. The van der Waals surface area contributed by atoms with Gasteiger partial charge in [-0.15, -0.1) is 0 Å². The molecule has 4 aromatic rings. The minimum absolute atomic E-state index is 0.0792. The molecule has 1 atom stereocenters. The maximum Gasteiger partial charge on any atom is 0.229 e. The van der Waals surface area contributed by atoms with Crippen molar-refractivity contribution in [1.29, 1.82) is 5.26 Å². The number of benzene rings is 2. The Bertz CT molecular complexity index is 1290. The first kappa shape index (κ1) is 17.8. The molecule has 2 N–H and O–H groups in total. The number of nitrogens with zero attached hydrogens (tertiary/aromatic N) is 5. The summed E-state index contributed by atoms with van der Waals surface area (Å²) in [5, 5.41) is 19.1. The number of rotatable bonds is 3. The minimum Gasteiger partial charge on any atom is -0.422 e. The van der Waals surface area contributed by atoms with Gasteiger partial charge in [-0.3, -0.25) is 4.68 Å². The van der Waals surface area contributed by atoms with Gasteiger partial charge in [0, 0.05) is 24.4 Å². The van der Waals surface area contributed by atoms with E-state index in [-0.39, 0.29) is 5.88 Å². The van der Waals surface area contributed by atoms with Crippen molar-refractivity contribution in [2.75, 3.05) is 0 Å². The van der Waals surface area contributed by atoms with E-state index in [1.807, 2.05) is 73.9 Å². The van der Waals surface area contributed by atoms with Crippen molar-refractivity contribution in [3.05, 3.63) is 95.6 Å². The third kappa shape index (κ3) is 2.74. The molecule has 0 amide bonds. The van der Waals surface area contributed by atoms with Gasteiger partial charge in [-0.1, -0.05) is 48.5 Å². The highest BCUT2D eigenvalue weighted by Gasteiger charge is 2.38. The van der Waals surface area contributed by atoms with Crippen molar-refractivity contribution in [2.24, 2.45) is 12.8 Å². The van der Waals surface area contributed by atoms with Crippen LogP contribution in [0.1, 0.15) is 17.0 Å². The zero-order valence-corrected chi connectivity index (χ0v) is 16.2. The van der Waals surface area contributed by atoms with Gasteiger partial charge in [0.15, 0.2) is 0 Å². The van der Waals surface area contributed by atoms with Crippen LogP contribution in [0.2, 0.25) is 0 Å². The van der Waals surface area contributed by atoms with Crippen molar-refractivity contribution in [3.8, 4) is 28.9 Å². The SMILES string of the molecule is Cn1cc([C@H]2C(C#N)=C(N)Oc3c2c(-c2ccccc2)nn3-c2ccccc2)cn1. The number of nitrogens with two attached hydrogens (primary N) is 1. The van der Waals surface area contributed by atoms with E-state index >= 15 is 0 Å². The summed E-state index contributed by atoms with van der Waals surface area (Å²) in [5.41, 5.74) is 10.7. The van der Waals surface area contributed by atoms with E-state index in [1.54, 1.807) is 15.6 Å². The van der Waals surface area contributed by atoms with E-state index in [0.29, 0.717) is 11.5 Å². The number of aromatic nitrogens is 4. The molecule has 0 radical (unpaired) electrons. The number of allylic oxidation sites excluding steroid dienone is 1. The number of para-hydroxylation sites is 1. The standard InChI is InChI=1S/C23H18N6O/c1-28-14-16(13-26-28)19-18(12-24)22(25)30-23-20(19)21(15-8-4-2-5-9-15)27-29(23)17-10-6-3-7-11-17/h2-11,13-14,19H,25H2,1H3/t19-/m0/s1. The average molecular weight is 394 g/mol. The molecule has 0 saturated carbocycles. The summed E-state index contributed by atoms with van der Waals surface area (Å²) in [6.07, 6.45) is 3.64. The lowest BCUT2D eigenvalue weighted by atomic mass is 9.84. The van der Waals surface area contributed by atoms with Crippen LogP contribution < -0.4 is 10.5 Å². The monoisotopic (exact) mass is 394 g/mol. The van der Waals surface area contributed by atoms with E-state index in [4.69, 9.17) is 15.6 Å². The highest BCUT2D eigenvalue weighted by molar-refractivity contribution is 5.71. The van der Waals surface area contributed by atoms with Gasteiger partial charge in [-0.05, 0) is 12.1 Å². The first-order valence-corrected chi connectivity index (χ1v) is 9.47. The number of nitriles is 1. The molecular formula is C23H18N6O. The molecule has 0 fully saturated rings. The Hall–Kier alpha value is -4.31. The van der Waals surface area contributed by atoms with E-state index < -0.39 is 5.92 Å². The Balaban J connectivity index is 1.83. The number of hydrogen-bond acceptors (Lipinski definition) is 5. The summed E-state index contributed by atoms with van der Waals surface area (Å²) in [5.74, 6) is 0.154. The summed E-state index contributed by atoms with van der Waals surface area (Å²) in [4.78, 5) is 0. The topological polar surface area (TPSA) is 94.7 Å². The Morgan fingerprint density at radius 1 is 1.07 bits per heavy atom. The Morgan fingerprint density at radius 3 is 2.40 bits per heavy atom. The second-order valence-corrected chi connectivity index (χ2v) is 7.05. The van der Waals surface area contributed by atoms with Crippen molar-refractivity contribution in [3.63, 3.8) is 0 Å². The lowest BCUT2D eigenvalue weighted by Gasteiger charge is -2.24.